The molecule has 3 N–H and O–H groups in total. The van der Waals surface area contributed by atoms with Crippen molar-refractivity contribution in [2.75, 3.05) is 0 Å². The van der Waals surface area contributed by atoms with E-state index in [0.29, 0.717) is 12.8 Å². The van der Waals surface area contributed by atoms with Crippen LogP contribution in [0.3, 0.4) is 0 Å². The molecule has 0 saturated heterocycles. The van der Waals surface area contributed by atoms with Gasteiger partial charge in [0, 0.05) is 33.8 Å². The van der Waals surface area contributed by atoms with Gasteiger partial charge in [-0.1, -0.05) is 54.6 Å². The second kappa shape index (κ2) is 6.94. The maximum absolute atomic E-state index is 10.2. The summed E-state index contributed by atoms with van der Waals surface area (Å²) in [7, 11) is 0. The lowest BCUT2D eigenvalue weighted by Crippen LogP contribution is -2.58. The minimum atomic E-state index is -0.685. The number of hydrogen-bond donors (Lipinski definition) is 2. The molecule has 6 heteroatoms. The third-order valence-corrected chi connectivity index (χ3v) is 6.69. The second-order valence-corrected chi connectivity index (χ2v) is 9.57. The number of fused-ring (bicyclic) bond motifs is 3. The van der Waals surface area contributed by atoms with Crippen LogP contribution in [-0.4, -0.2) is 30.3 Å². The van der Waals surface area contributed by atoms with E-state index in [1.165, 1.54) is 0 Å². The van der Waals surface area contributed by atoms with Gasteiger partial charge in [-0.05, 0) is 43.9 Å². The lowest BCUT2D eigenvalue weighted by atomic mass is 9.63. The lowest BCUT2D eigenvalue weighted by molar-refractivity contribution is -0.0738. The van der Waals surface area contributed by atoms with Crippen LogP contribution in [0.15, 0.2) is 73.1 Å². The molecule has 5 aromatic rings. The molecular formula is C27H25N5O. The van der Waals surface area contributed by atoms with Gasteiger partial charge in [0.15, 0.2) is 11.3 Å². The van der Waals surface area contributed by atoms with E-state index in [1.807, 2.05) is 49.0 Å². The van der Waals surface area contributed by atoms with E-state index >= 15 is 0 Å². The molecule has 1 aliphatic rings. The third-order valence-electron chi connectivity index (χ3n) is 6.69. The highest BCUT2D eigenvalue weighted by atomic mass is 16.3. The van der Waals surface area contributed by atoms with Crippen molar-refractivity contribution in [1.29, 1.82) is 0 Å². The van der Waals surface area contributed by atoms with E-state index in [1.54, 1.807) is 0 Å². The second-order valence-electron chi connectivity index (χ2n) is 9.57. The molecule has 1 fully saturated rings. The standard InChI is InChI=1S/C27H25N5O/c1-17-13-30-32-24(17)29-14-20-12-22(18-6-4-3-5-7-18)23(31-25(20)32)19-8-10-21(11-9-19)27(28)15-26(2,33)16-27/h3-14,33H,15-16,28H2,1-2H3/t26-,27+. The molecule has 6 rings (SSSR count). The van der Waals surface area contributed by atoms with Crippen LogP contribution in [0.25, 0.3) is 39.1 Å². The monoisotopic (exact) mass is 435 g/mol. The first kappa shape index (κ1) is 20.0. The van der Waals surface area contributed by atoms with E-state index in [-0.39, 0.29) is 0 Å². The van der Waals surface area contributed by atoms with Gasteiger partial charge >= 0.3 is 0 Å². The molecule has 3 aromatic heterocycles. The maximum atomic E-state index is 10.2. The zero-order valence-electron chi connectivity index (χ0n) is 18.7. The number of pyridine rings is 1. The number of hydrogen-bond acceptors (Lipinski definition) is 5. The number of nitrogens with two attached hydrogens (primary N) is 1. The van der Waals surface area contributed by atoms with E-state index in [4.69, 9.17) is 10.7 Å². The number of aromatic nitrogens is 4. The first-order valence-corrected chi connectivity index (χ1v) is 11.1. The minimum absolute atomic E-state index is 0.481. The van der Waals surface area contributed by atoms with Gasteiger partial charge in [-0.15, -0.1) is 0 Å². The van der Waals surface area contributed by atoms with Crippen LogP contribution >= 0.6 is 0 Å². The molecule has 0 atom stereocenters. The number of rotatable bonds is 3. The highest BCUT2D eigenvalue weighted by Crippen LogP contribution is 2.46. The van der Waals surface area contributed by atoms with Gasteiger partial charge < -0.3 is 10.8 Å². The Morgan fingerprint density at radius 3 is 2.36 bits per heavy atom. The fourth-order valence-corrected chi connectivity index (χ4v) is 5.18. The summed E-state index contributed by atoms with van der Waals surface area (Å²) in [6.45, 7) is 3.84. The first-order valence-electron chi connectivity index (χ1n) is 11.1. The Bertz CT molecular complexity index is 1500. The normalized spacial score (nSPS) is 22.5. The molecule has 1 aliphatic carbocycles. The Balaban J connectivity index is 1.53. The van der Waals surface area contributed by atoms with Gasteiger partial charge in [0.2, 0.25) is 0 Å². The van der Waals surface area contributed by atoms with Gasteiger partial charge in [0.05, 0.1) is 17.5 Å². The average molecular weight is 436 g/mol. The summed E-state index contributed by atoms with van der Waals surface area (Å²) in [5, 5.41) is 15.6. The van der Waals surface area contributed by atoms with Crippen molar-refractivity contribution < 1.29 is 5.11 Å². The van der Waals surface area contributed by atoms with Crippen LogP contribution in [0, 0.1) is 6.92 Å². The highest BCUT2D eigenvalue weighted by Gasteiger charge is 2.49. The molecule has 6 nitrogen and oxygen atoms in total. The molecule has 2 aromatic carbocycles. The molecule has 0 aliphatic heterocycles. The molecule has 33 heavy (non-hydrogen) atoms. The summed E-state index contributed by atoms with van der Waals surface area (Å²) in [5.41, 5.74) is 13.0. The predicted octanol–water partition coefficient (Wildman–Crippen LogP) is 4.62. The van der Waals surface area contributed by atoms with Gasteiger partial charge in [-0.2, -0.15) is 9.61 Å². The first-order chi connectivity index (χ1) is 15.8. The van der Waals surface area contributed by atoms with E-state index in [9.17, 15) is 5.11 Å². The highest BCUT2D eigenvalue weighted by molar-refractivity contribution is 5.90. The van der Waals surface area contributed by atoms with Crippen LogP contribution < -0.4 is 5.73 Å². The summed E-state index contributed by atoms with van der Waals surface area (Å²) in [6, 6.07) is 20.7. The smallest absolute Gasteiger partial charge is 0.165 e. The Kier molecular flexibility index (Phi) is 4.21. The molecule has 0 bridgehead atoms. The van der Waals surface area contributed by atoms with Crippen molar-refractivity contribution in [2.45, 2.75) is 37.8 Å². The molecule has 164 valence electrons. The fraction of sp³-hybridized carbons (Fsp3) is 0.222. The quantitative estimate of drug-likeness (QED) is 0.432. The van der Waals surface area contributed by atoms with Crippen molar-refractivity contribution in [3.05, 3.63) is 84.2 Å². The molecule has 1 saturated carbocycles. The molecule has 0 radical (unpaired) electrons. The topological polar surface area (TPSA) is 89.3 Å². The summed E-state index contributed by atoms with van der Waals surface area (Å²) in [5.74, 6) is 0. The van der Waals surface area contributed by atoms with Crippen LogP contribution in [-0.2, 0) is 5.54 Å². The van der Waals surface area contributed by atoms with Crippen molar-refractivity contribution >= 4 is 16.7 Å². The SMILES string of the molecule is Cc1cnn2c1ncc1cc(-c3ccccc3)c(-c3ccc([C@]4(N)C[C@@](C)(O)C4)cc3)nc12. The van der Waals surface area contributed by atoms with Gasteiger partial charge in [0.1, 0.15) is 0 Å². The summed E-state index contributed by atoms with van der Waals surface area (Å²) in [6.07, 6.45) is 4.81. The van der Waals surface area contributed by atoms with Crippen molar-refractivity contribution in [1.82, 2.24) is 19.6 Å². The summed E-state index contributed by atoms with van der Waals surface area (Å²) < 4.78 is 1.81. The average Bonchev–Trinajstić information content (AvgIpc) is 3.18. The van der Waals surface area contributed by atoms with Crippen LogP contribution in [0.2, 0.25) is 0 Å². The molecule has 0 unspecified atom stereocenters. The van der Waals surface area contributed by atoms with Crippen LogP contribution in [0.5, 0.6) is 0 Å². The molecule has 0 spiro atoms. The fourth-order valence-electron chi connectivity index (χ4n) is 5.18. The zero-order valence-corrected chi connectivity index (χ0v) is 18.7. The number of aliphatic hydroxyl groups is 1. The van der Waals surface area contributed by atoms with E-state index in [2.05, 4.69) is 52.5 Å². The maximum Gasteiger partial charge on any atom is 0.165 e. The summed E-state index contributed by atoms with van der Waals surface area (Å²) >= 11 is 0. The van der Waals surface area contributed by atoms with Crippen LogP contribution in [0.1, 0.15) is 30.9 Å². The zero-order chi connectivity index (χ0) is 22.8. The predicted molar refractivity (Wildman–Crippen MR) is 130 cm³/mol. The Morgan fingerprint density at radius 1 is 0.939 bits per heavy atom. The molecular weight excluding hydrogens is 410 g/mol. The number of nitrogens with zero attached hydrogens (tertiary/aromatic N) is 4. The van der Waals surface area contributed by atoms with Gasteiger partial charge in [0.25, 0.3) is 0 Å². The Labute approximate surface area is 191 Å². The van der Waals surface area contributed by atoms with Crippen molar-refractivity contribution in [3.8, 4) is 22.4 Å². The van der Waals surface area contributed by atoms with Gasteiger partial charge in [-0.3, -0.25) is 0 Å². The van der Waals surface area contributed by atoms with Crippen LogP contribution in [0.4, 0.5) is 0 Å². The van der Waals surface area contributed by atoms with Crippen molar-refractivity contribution in [2.24, 2.45) is 5.73 Å². The van der Waals surface area contributed by atoms with Crippen molar-refractivity contribution in [3.63, 3.8) is 0 Å². The Hall–Kier alpha value is -3.61. The largest absolute Gasteiger partial charge is 0.390 e. The summed E-state index contributed by atoms with van der Waals surface area (Å²) in [4.78, 5) is 9.70. The van der Waals surface area contributed by atoms with E-state index < -0.39 is 11.1 Å². The molecule has 3 heterocycles. The van der Waals surface area contributed by atoms with E-state index in [0.717, 1.165) is 50.2 Å². The number of benzene rings is 2. The van der Waals surface area contributed by atoms with Gasteiger partial charge in [-0.25, -0.2) is 9.97 Å². The lowest BCUT2D eigenvalue weighted by Gasteiger charge is -2.49. The number of aryl methyl sites for hydroxylation is 1. The Morgan fingerprint density at radius 2 is 1.67 bits per heavy atom. The third kappa shape index (κ3) is 3.22. The minimum Gasteiger partial charge on any atom is -0.390 e. The molecule has 0 amide bonds.